The first-order valence-corrected chi connectivity index (χ1v) is 9.87. The SMILES string of the molecule is CC(=NNC(=O)c1cc(-c2ccccc2)nc2ccccc12)c1ccc(Cl)s1. The first-order valence-electron chi connectivity index (χ1n) is 8.67. The van der Waals surface area contributed by atoms with Gasteiger partial charge in [0.05, 0.1) is 31.7 Å². The van der Waals surface area contributed by atoms with Crippen molar-refractivity contribution in [1.82, 2.24) is 10.4 Å². The summed E-state index contributed by atoms with van der Waals surface area (Å²) in [6.07, 6.45) is 0. The van der Waals surface area contributed by atoms with Crippen molar-refractivity contribution in [3.8, 4) is 11.3 Å². The quantitative estimate of drug-likeness (QED) is 0.346. The van der Waals surface area contributed by atoms with Gasteiger partial charge in [-0.15, -0.1) is 11.3 Å². The Hall–Kier alpha value is -3.02. The van der Waals surface area contributed by atoms with Crippen molar-refractivity contribution in [2.75, 3.05) is 0 Å². The zero-order valence-electron chi connectivity index (χ0n) is 15.0. The van der Waals surface area contributed by atoms with Crippen molar-refractivity contribution in [2.45, 2.75) is 6.92 Å². The molecule has 0 aliphatic carbocycles. The molecule has 1 amide bonds. The highest BCUT2D eigenvalue weighted by Crippen LogP contribution is 2.25. The summed E-state index contributed by atoms with van der Waals surface area (Å²) >= 11 is 7.39. The maximum Gasteiger partial charge on any atom is 0.272 e. The van der Waals surface area contributed by atoms with E-state index in [1.165, 1.54) is 11.3 Å². The minimum absolute atomic E-state index is 0.280. The molecule has 0 spiro atoms. The van der Waals surface area contributed by atoms with E-state index in [2.05, 4.69) is 10.5 Å². The second-order valence-corrected chi connectivity index (χ2v) is 7.90. The summed E-state index contributed by atoms with van der Waals surface area (Å²) < 4.78 is 0.684. The Balaban J connectivity index is 1.71. The van der Waals surface area contributed by atoms with Gasteiger partial charge in [-0.1, -0.05) is 60.1 Å². The van der Waals surface area contributed by atoms with Crippen molar-refractivity contribution < 1.29 is 4.79 Å². The van der Waals surface area contributed by atoms with Crippen LogP contribution < -0.4 is 5.43 Å². The summed E-state index contributed by atoms with van der Waals surface area (Å²) in [5, 5.41) is 5.03. The molecule has 0 radical (unpaired) electrons. The Morgan fingerprint density at radius 3 is 2.54 bits per heavy atom. The van der Waals surface area contributed by atoms with Gasteiger partial charge in [0.1, 0.15) is 0 Å². The van der Waals surface area contributed by atoms with Crippen LogP contribution in [-0.4, -0.2) is 16.6 Å². The minimum Gasteiger partial charge on any atom is -0.267 e. The van der Waals surface area contributed by atoms with E-state index in [0.29, 0.717) is 15.6 Å². The Kier molecular flexibility index (Phi) is 5.19. The molecule has 4 nitrogen and oxygen atoms in total. The molecule has 1 N–H and O–H groups in total. The predicted molar refractivity (Wildman–Crippen MR) is 116 cm³/mol. The van der Waals surface area contributed by atoms with Crippen LogP contribution >= 0.6 is 22.9 Å². The van der Waals surface area contributed by atoms with Gasteiger partial charge in [0.25, 0.3) is 5.91 Å². The van der Waals surface area contributed by atoms with Crippen molar-refractivity contribution >= 4 is 45.5 Å². The molecule has 0 saturated carbocycles. The fourth-order valence-electron chi connectivity index (χ4n) is 2.88. The largest absolute Gasteiger partial charge is 0.272 e. The van der Waals surface area contributed by atoms with Crippen molar-refractivity contribution in [3.63, 3.8) is 0 Å². The van der Waals surface area contributed by atoms with Gasteiger partial charge >= 0.3 is 0 Å². The molecule has 28 heavy (non-hydrogen) atoms. The van der Waals surface area contributed by atoms with Gasteiger partial charge in [0, 0.05) is 10.9 Å². The van der Waals surface area contributed by atoms with E-state index >= 15 is 0 Å². The summed E-state index contributed by atoms with van der Waals surface area (Å²) in [4.78, 5) is 18.5. The smallest absolute Gasteiger partial charge is 0.267 e. The highest BCUT2D eigenvalue weighted by molar-refractivity contribution is 7.18. The second-order valence-electron chi connectivity index (χ2n) is 6.18. The van der Waals surface area contributed by atoms with Crippen molar-refractivity contribution in [3.05, 3.63) is 87.6 Å². The lowest BCUT2D eigenvalue weighted by atomic mass is 10.0. The van der Waals surface area contributed by atoms with E-state index in [4.69, 9.17) is 16.6 Å². The van der Waals surface area contributed by atoms with Crippen LogP contribution in [0.25, 0.3) is 22.2 Å². The summed E-state index contributed by atoms with van der Waals surface area (Å²) in [5.74, 6) is -0.280. The summed E-state index contributed by atoms with van der Waals surface area (Å²) in [6, 6.07) is 22.9. The third kappa shape index (κ3) is 3.81. The standard InChI is InChI=1S/C22H16ClN3OS/c1-14(20-11-12-21(23)28-20)25-26-22(27)17-13-19(15-7-3-2-4-8-15)24-18-10-6-5-9-16(17)18/h2-13H,1H3,(H,26,27). The lowest BCUT2D eigenvalue weighted by Crippen LogP contribution is -2.19. The highest BCUT2D eigenvalue weighted by Gasteiger charge is 2.14. The van der Waals surface area contributed by atoms with Gasteiger partial charge in [0.2, 0.25) is 0 Å². The monoisotopic (exact) mass is 405 g/mol. The Morgan fingerprint density at radius 1 is 1.04 bits per heavy atom. The number of halogens is 1. The molecule has 0 unspecified atom stereocenters. The minimum atomic E-state index is -0.280. The van der Waals surface area contributed by atoms with Crippen LogP contribution in [0.15, 0.2) is 77.9 Å². The molecule has 4 rings (SSSR count). The number of nitrogens with zero attached hydrogens (tertiary/aromatic N) is 2. The Morgan fingerprint density at radius 2 is 1.79 bits per heavy atom. The number of hydrazone groups is 1. The number of aromatic nitrogens is 1. The number of pyridine rings is 1. The van der Waals surface area contributed by atoms with E-state index in [-0.39, 0.29) is 5.91 Å². The van der Waals surface area contributed by atoms with E-state index in [0.717, 1.165) is 27.0 Å². The van der Waals surface area contributed by atoms with Crippen molar-refractivity contribution in [2.24, 2.45) is 5.10 Å². The molecule has 0 saturated heterocycles. The molecule has 0 atom stereocenters. The van der Waals surface area contributed by atoms with E-state index < -0.39 is 0 Å². The summed E-state index contributed by atoms with van der Waals surface area (Å²) in [5.41, 5.74) is 6.36. The molecule has 2 aromatic heterocycles. The zero-order valence-corrected chi connectivity index (χ0v) is 16.6. The number of fused-ring (bicyclic) bond motifs is 1. The number of thiophene rings is 1. The number of carbonyl (C=O) groups excluding carboxylic acids is 1. The molecule has 6 heteroatoms. The lowest BCUT2D eigenvalue weighted by molar-refractivity contribution is 0.0956. The third-order valence-corrected chi connectivity index (χ3v) is 5.63. The topological polar surface area (TPSA) is 54.4 Å². The van der Waals surface area contributed by atoms with Gasteiger partial charge in [-0.2, -0.15) is 5.10 Å². The van der Waals surface area contributed by atoms with Crippen LogP contribution in [0.5, 0.6) is 0 Å². The van der Waals surface area contributed by atoms with Crippen LogP contribution in [0.4, 0.5) is 0 Å². The number of rotatable bonds is 4. The van der Waals surface area contributed by atoms with E-state index in [1.54, 1.807) is 6.07 Å². The van der Waals surface area contributed by atoms with Gasteiger partial charge in [-0.3, -0.25) is 4.79 Å². The maximum atomic E-state index is 12.9. The molecule has 2 aromatic carbocycles. The van der Waals surface area contributed by atoms with E-state index in [1.807, 2.05) is 73.7 Å². The van der Waals surface area contributed by atoms with Crippen LogP contribution in [0.3, 0.4) is 0 Å². The second kappa shape index (κ2) is 7.92. The average molecular weight is 406 g/mol. The number of hydrogen-bond acceptors (Lipinski definition) is 4. The molecule has 138 valence electrons. The molecule has 0 bridgehead atoms. The van der Waals surface area contributed by atoms with Gasteiger partial charge in [-0.05, 0) is 31.2 Å². The number of amides is 1. The Labute approximate surface area is 171 Å². The van der Waals surface area contributed by atoms with Crippen LogP contribution in [-0.2, 0) is 0 Å². The fraction of sp³-hybridized carbons (Fsp3) is 0.0455. The number of para-hydroxylation sites is 1. The van der Waals surface area contributed by atoms with Gasteiger partial charge < -0.3 is 0 Å². The number of carbonyl (C=O) groups is 1. The van der Waals surface area contributed by atoms with Crippen LogP contribution in [0.2, 0.25) is 4.34 Å². The first-order chi connectivity index (χ1) is 13.6. The van der Waals surface area contributed by atoms with Crippen LogP contribution in [0, 0.1) is 0 Å². The average Bonchev–Trinajstić information content (AvgIpc) is 3.18. The van der Waals surface area contributed by atoms with Gasteiger partial charge in [-0.25, -0.2) is 10.4 Å². The predicted octanol–water partition coefficient (Wildman–Crippen LogP) is 5.77. The zero-order chi connectivity index (χ0) is 19.5. The lowest BCUT2D eigenvalue weighted by Gasteiger charge is -2.09. The van der Waals surface area contributed by atoms with Gasteiger partial charge in [0.15, 0.2) is 0 Å². The number of hydrogen-bond donors (Lipinski definition) is 1. The number of nitrogens with one attached hydrogen (secondary N) is 1. The molecule has 0 fully saturated rings. The van der Waals surface area contributed by atoms with E-state index in [9.17, 15) is 4.79 Å². The molecule has 2 heterocycles. The first kappa shape index (κ1) is 18.3. The van der Waals surface area contributed by atoms with Crippen LogP contribution in [0.1, 0.15) is 22.2 Å². The third-order valence-electron chi connectivity index (χ3n) is 4.29. The maximum absolute atomic E-state index is 12.9. The fourth-order valence-corrected chi connectivity index (χ4v) is 3.87. The molecule has 4 aromatic rings. The molecular weight excluding hydrogens is 390 g/mol. The molecular formula is C22H16ClN3OS. The molecule has 0 aliphatic rings. The Bertz CT molecular complexity index is 1180. The normalized spacial score (nSPS) is 11.6. The summed E-state index contributed by atoms with van der Waals surface area (Å²) in [7, 11) is 0. The molecule has 0 aliphatic heterocycles. The number of benzene rings is 2. The van der Waals surface area contributed by atoms with Crippen molar-refractivity contribution in [1.29, 1.82) is 0 Å². The highest BCUT2D eigenvalue weighted by atomic mass is 35.5. The summed E-state index contributed by atoms with van der Waals surface area (Å²) in [6.45, 7) is 1.84.